The minimum absolute atomic E-state index is 0.0445. The summed E-state index contributed by atoms with van der Waals surface area (Å²) in [4.78, 5) is 16.7. The number of hydrogen-bond donors (Lipinski definition) is 1. The van der Waals surface area contributed by atoms with Crippen LogP contribution in [-0.2, 0) is 11.3 Å². The fourth-order valence-electron chi connectivity index (χ4n) is 2.90. The lowest BCUT2D eigenvalue weighted by Crippen LogP contribution is -2.49. The first kappa shape index (κ1) is 16.8. The number of carbonyl (C=O) groups is 1. The molecule has 0 aliphatic carbocycles. The Kier molecular flexibility index (Phi) is 5.72. The third-order valence-electron chi connectivity index (χ3n) is 4.29. The van der Waals surface area contributed by atoms with Crippen molar-refractivity contribution in [3.63, 3.8) is 0 Å². The molecule has 0 bridgehead atoms. The van der Waals surface area contributed by atoms with E-state index in [9.17, 15) is 4.79 Å². The Morgan fingerprint density at radius 2 is 1.62 bits per heavy atom. The van der Waals surface area contributed by atoms with Gasteiger partial charge in [-0.2, -0.15) is 0 Å². The van der Waals surface area contributed by atoms with Crippen molar-refractivity contribution >= 4 is 23.2 Å². The second-order valence-electron chi connectivity index (χ2n) is 5.97. The van der Waals surface area contributed by atoms with Gasteiger partial charge in [-0.15, -0.1) is 0 Å². The highest BCUT2D eigenvalue weighted by atomic mass is 35.5. The second-order valence-corrected chi connectivity index (χ2v) is 6.37. The molecule has 1 N–H and O–H groups in total. The summed E-state index contributed by atoms with van der Waals surface area (Å²) in [5, 5.41) is 3.64. The second kappa shape index (κ2) is 8.18. The van der Waals surface area contributed by atoms with E-state index in [2.05, 4.69) is 39.4 Å². The molecule has 1 aliphatic rings. The van der Waals surface area contributed by atoms with Crippen molar-refractivity contribution in [2.45, 2.75) is 6.54 Å². The standard InChI is InChI=1S/C19H22ClN3O/c20-18-9-5-4-6-16(18)14-21-19(24)15-22-10-12-23(13-11-22)17-7-2-1-3-8-17/h1-9H,10-15H2,(H,21,24). The lowest BCUT2D eigenvalue weighted by Gasteiger charge is -2.35. The van der Waals surface area contributed by atoms with Crippen LogP contribution in [-0.4, -0.2) is 43.5 Å². The lowest BCUT2D eigenvalue weighted by molar-refractivity contribution is -0.122. The predicted molar refractivity (Wildman–Crippen MR) is 98.4 cm³/mol. The fourth-order valence-corrected chi connectivity index (χ4v) is 3.10. The van der Waals surface area contributed by atoms with Crippen LogP contribution in [0.3, 0.4) is 0 Å². The van der Waals surface area contributed by atoms with Gasteiger partial charge < -0.3 is 10.2 Å². The van der Waals surface area contributed by atoms with E-state index in [0.29, 0.717) is 18.1 Å². The summed E-state index contributed by atoms with van der Waals surface area (Å²) in [6.07, 6.45) is 0. The number of rotatable bonds is 5. The van der Waals surface area contributed by atoms with Crippen LogP contribution >= 0.6 is 11.6 Å². The van der Waals surface area contributed by atoms with Gasteiger partial charge in [-0.25, -0.2) is 0 Å². The number of halogens is 1. The summed E-state index contributed by atoms with van der Waals surface area (Å²) in [7, 11) is 0. The number of nitrogens with one attached hydrogen (secondary N) is 1. The summed E-state index contributed by atoms with van der Waals surface area (Å²) in [6, 6.07) is 18.0. The molecule has 2 aromatic carbocycles. The number of para-hydroxylation sites is 1. The molecule has 5 heteroatoms. The van der Waals surface area contributed by atoms with Gasteiger partial charge in [0.1, 0.15) is 0 Å². The average Bonchev–Trinajstić information content (AvgIpc) is 2.62. The normalized spacial score (nSPS) is 15.3. The maximum Gasteiger partial charge on any atom is 0.234 e. The Balaban J connectivity index is 1.43. The maximum absolute atomic E-state index is 12.1. The van der Waals surface area contributed by atoms with E-state index in [0.717, 1.165) is 31.7 Å². The summed E-state index contributed by atoms with van der Waals surface area (Å²) in [5.74, 6) is 0.0445. The molecule has 0 aromatic heterocycles. The van der Waals surface area contributed by atoms with E-state index in [-0.39, 0.29) is 5.91 Å². The number of hydrogen-bond acceptors (Lipinski definition) is 3. The highest BCUT2D eigenvalue weighted by Gasteiger charge is 2.19. The number of piperazine rings is 1. The Bertz CT molecular complexity index is 669. The third-order valence-corrected chi connectivity index (χ3v) is 4.66. The number of nitrogens with zero attached hydrogens (tertiary/aromatic N) is 2. The SMILES string of the molecule is O=C(CN1CCN(c2ccccc2)CC1)NCc1ccccc1Cl. The molecule has 1 aliphatic heterocycles. The van der Waals surface area contributed by atoms with Crippen LogP contribution < -0.4 is 10.2 Å². The van der Waals surface area contributed by atoms with Crippen LogP contribution in [0.5, 0.6) is 0 Å². The largest absolute Gasteiger partial charge is 0.369 e. The Labute approximate surface area is 148 Å². The van der Waals surface area contributed by atoms with Crippen molar-refractivity contribution in [2.75, 3.05) is 37.6 Å². The molecule has 0 unspecified atom stereocenters. The topological polar surface area (TPSA) is 35.6 Å². The molecule has 1 heterocycles. The fraction of sp³-hybridized carbons (Fsp3) is 0.316. The van der Waals surface area contributed by atoms with Gasteiger partial charge in [0.05, 0.1) is 6.54 Å². The summed E-state index contributed by atoms with van der Waals surface area (Å²) >= 11 is 6.11. The van der Waals surface area contributed by atoms with Crippen molar-refractivity contribution in [3.8, 4) is 0 Å². The maximum atomic E-state index is 12.1. The number of anilines is 1. The third kappa shape index (κ3) is 4.49. The monoisotopic (exact) mass is 343 g/mol. The Hall–Kier alpha value is -2.04. The van der Waals surface area contributed by atoms with E-state index >= 15 is 0 Å². The molecule has 4 nitrogen and oxygen atoms in total. The first-order valence-electron chi connectivity index (χ1n) is 8.25. The van der Waals surface area contributed by atoms with Gasteiger partial charge in [-0.1, -0.05) is 48.0 Å². The number of benzene rings is 2. The Morgan fingerprint density at radius 1 is 0.958 bits per heavy atom. The molecule has 0 saturated carbocycles. The molecule has 1 fully saturated rings. The van der Waals surface area contributed by atoms with Crippen LogP contribution in [0.2, 0.25) is 5.02 Å². The van der Waals surface area contributed by atoms with Gasteiger partial charge in [-0.3, -0.25) is 9.69 Å². The van der Waals surface area contributed by atoms with Crippen LogP contribution in [0.4, 0.5) is 5.69 Å². The van der Waals surface area contributed by atoms with E-state index in [1.165, 1.54) is 5.69 Å². The highest BCUT2D eigenvalue weighted by molar-refractivity contribution is 6.31. The lowest BCUT2D eigenvalue weighted by atomic mass is 10.2. The predicted octanol–water partition coefficient (Wildman–Crippen LogP) is 2.78. The average molecular weight is 344 g/mol. The molecule has 2 aromatic rings. The Morgan fingerprint density at radius 3 is 2.33 bits per heavy atom. The van der Waals surface area contributed by atoms with Gasteiger partial charge in [0.25, 0.3) is 0 Å². The van der Waals surface area contributed by atoms with Crippen molar-refractivity contribution in [3.05, 3.63) is 65.2 Å². The van der Waals surface area contributed by atoms with Gasteiger partial charge in [0.15, 0.2) is 0 Å². The van der Waals surface area contributed by atoms with Crippen molar-refractivity contribution in [1.82, 2.24) is 10.2 Å². The van der Waals surface area contributed by atoms with E-state index in [4.69, 9.17) is 11.6 Å². The summed E-state index contributed by atoms with van der Waals surface area (Å²) in [6.45, 7) is 4.60. The van der Waals surface area contributed by atoms with Crippen molar-refractivity contribution < 1.29 is 4.79 Å². The molecular weight excluding hydrogens is 322 g/mol. The molecule has 0 atom stereocenters. The zero-order chi connectivity index (χ0) is 16.8. The highest BCUT2D eigenvalue weighted by Crippen LogP contribution is 2.16. The van der Waals surface area contributed by atoms with Gasteiger partial charge >= 0.3 is 0 Å². The summed E-state index contributed by atoms with van der Waals surface area (Å²) in [5.41, 5.74) is 2.20. The molecule has 1 saturated heterocycles. The van der Waals surface area contributed by atoms with Crippen LogP contribution in [0.25, 0.3) is 0 Å². The van der Waals surface area contributed by atoms with Crippen molar-refractivity contribution in [2.24, 2.45) is 0 Å². The zero-order valence-corrected chi connectivity index (χ0v) is 14.4. The first-order valence-corrected chi connectivity index (χ1v) is 8.62. The first-order chi connectivity index (χ1) is 11.7. The van der Waals surface area contributed by atoms with Gasteiger partial charge in [0.2, 0.25) is 5.91 Å². The smallest absolute Gasteiger partial charge is 0.234 e. The van der Waals surface area contributed by atoms with E-state index in [1.54, 1.807) is 0 Å². The molecule has 0 radical (unpaired) electrons. The van der Waals surface area contributed by atoms with Crippen LogP contribution in [0, 0.1) is 0 Å². The molecule has 0 spiro atoms. The van der Waals surface area contributed by atoms with Crippen LogP contribution in [0.1, 0.15) is 5.56 Å². The number of carbonyl (C=O) groups excluding carboxylic acids is 1. The van der Waals surface area contributed by atoms with E-state index < -0.39 is 0 Å². The quantitative estimate of drug-likeness (QED) is 0.906. The van der Waals surface area contributed by atoms with Crippen LogP contribution in [0.15, 0.2) is 54.6 Å². The molecular formula is C19H22ClN3O. The minimum Gasteiger partial charge on any atom is -0.369 e. The zero-order valence-electron chi connectivity index (χ0n) is 13.6. The molecule has 3 rings (SSSR count). The summed E-state index contributed by atoms with van der Waals surface area (Å²) < 4.78 is 0. The van der Waals surface area contributed by atoms with Gasteiger partial charge in [0, 0.05) is 43.4 Å². The van der Waals surface area contributed by atoms with Gasteiger partial charge in [-0.05, 0) is 23.8 Å². The molecule has 1 amide bonds. The van der Waals surface area contributed by atoms with Crippen molar-refractivity contribution in [1.29, 1.82) is 0 Å². The molecule has 126 valence electrons. The van der Waals surface area contributed by atoms with E-state index in [1.807, 2.05) is 30.3 Å². The molecule has 24 heavy (non-hydrogen) atoms. The minimum atomic E-state index is 0.0445. The number of amides is 1.